The van der Waals surface area contributed by atoms with Gasteiger partial charge in [-0.25, -0.2) is 13.4 Å². The molecule has 0 fully saturated rings. The van der Waals surface area contributed by atoms with E-state index in [9.17, 15) is 8.42 Å². The zero-order chi connectivity index (χ0) is 13.0. The number of anilines is 1. The number of sulfone groups is 1. The fourth-order valence-electron chi connectivity index (χ4n) is 1.58. The monoisotopic (exact) mass is 282 g/mol. The molecule has 0 radical (unpaired) electrons. The van der Waals surface area contributed by atoms with Gasteiger partial charge < -0.3 is 5.32 Å². The molecule has 18 heavy (non-hydrogen) atoms. The first-order valence-corrected chi connectivity index (χ1v) is 8.26. The van der Waals surface area contributed by atoms with Crippen LogP contribution in [0.2, 0.25) is 0 Å². The molecule has 2 rings (SSSR count). The molecule has 0 unspecified atom stereocenters. The molecule has 0 aliphatic heterocycles. The normalized spacial score (nSPS) is 11.4. The third kappa shape index (κ3) is 3.30. The Morgan fingerprint density at radius 1 is 1.33 bits per heavy atom. The topological polar surface area (TPSA) is 59.1 Å². The van der Waals surface area contributed by atoms with Gasteiger partial charge in [0, 0.05) is 23.9 Å². The summed E-state index contributed by atoms with van der Waals surface area (Å²) in [6.07, 6.45) is 3.63. The second-order valence-electron chi connectivity index (χ2n) is 3.88. The van der Waals surface area contributed by atoms with Crippen LogP contribution in [0.25, 0.3) is 0 Å². The van der Waals surface area contributed by atoms with E-state index >= 15 is 0 Å². The molecule has 0 aliphatic carbocycles. The van der Waals surface area contributed by atoms with Crippen molar-refractivity contribution in [1.29, 1.82) is 0 Å². The largest absolute Gasteiger partial charge is 0.369 e. The van der Waals surface area contributed by atoms with Crippen molar-refractivity contribution in [2.45, 2.75) is 11.3 Å². The van der Waals surface area contributed by atoms with Crippen LogP contribution < -0.4 is 5.32 Å². The number of aromatic nitrogens is 1. The van der Waals surface area contributed by atoms with Gasteiger partial charge in [-0.1, -0.05) is 6.07 Å². The van der Waals surface area contributed by atoms with Gasteiger partial charge in [0.2, 0.25) is 0 Å². The Hall–Kier alpha value is -1.40. The van der Waals surface area contributed by atoms with Gasteiger partial charge in [-0.2, -0.15) is 0 Å². The standard InChI is InChI=1S/C12H14N2O2S2/c1-18(15,16)11-5-2-7-13-12(11)14-8-6-10-4-3-9-17-10/h2-5,7,9H,6,8H2,1H3,(H,13,14). The molecule has 0 spiro atoms. The summed E-state index contributed by atoms with van der Waals surface area (Å²) in [7, 11) is -3.24. The van der Waals surface area contributed by atoms with Crippen LogP contribution in [0.4, 0.5) is 5.82 Å². The number of hydrogen-bond donors (Lipinski definition) is 1. The van der Waals surface area contributed by atoms with Crippen molar-refractivity contribution in [1.82, 2.24) is 4.98 Å². The number of pyridine rings is 1. The Kier molecular flexibility index (Phi) is 3.98. The van der Waals surface area contributed by atoms with Crippen LogP contribution in [0.5, 0.6) is 0 Å². The van der Waals surface area contributed by atoms with Crippen LogP contribution in [0.1, 0.15) is 4.88 Å². The predicted octanol–water partition coefficient (Wildman–Crippen LogP) is 2.20. The minimum atomic E-state index is -3.24. The number of thiophene rings is 1. The van der Waals surface area contributed by atoms with Crippen LogP contribution in [-0.4, -0.2) is 26.2 Å². The Bertz CT molecular complexity index is 607. The molecule has 0 aliphatic rings. The van der Waals surface area contributed by atoms with Crippen molar-refractivity contribution in [3.8, 4) is 0 Å². The van der Waals surface area contributed by atoms with Crippen molar-refractivity contribution in [3.05, 3.63) is 40.7 Å². The SMILES string of the molecule is CS(=O)(=O)c1cccnc1NCCc1cccs1. The lowest BCUT2D eigenvalue weighted by atomic mass is 10.3. The van der Waals surface area contributed by atoms with Gasteiger partial charge >= 0.3 is 0 Å². The van der Waals surface area contributed by atoms with E-state index in [0.29, 0.717) is 12.4 Å². The number of nitrogens with one attached hydrogen (secondary N) is 1. The van der Waals surface area contributed by atoms with E-state index in [1.807, 2.05) is 11.4 Å². The average Bonchev–Trinajstić information content (AvgIpc) is 2.81. The van der Waals surface area contributed by atoms with Crippen molar-refractivity contribution < 1.29 is 8.42 Å². The van der Waals surface area contributed by atoms with Gasteiger partial charge in [-0.15, -0.1) is 11.3 Å². The van der Waals surface area contributed by atoms with E-state index in [2.05, 4.69) is 16.4 Å². The molecule has 0 amide bonds. The van der Waals surface area contributed by atoms with Gasteiger partial charge in [0.25, 0.3) is 0 Å². The van der Waals surface area contributed by atoms with Crippen LogP contribution >= 0.6 is 11.3 Å². The van der Waals surface area contributed by atoms with Crippen LogP contribution in [-0.2, 0) is 16.3 Å². The lowest BCUT2D eigenvalue weighted by Gasteiger charge is -2.08. The van der Waals surface area contributed by atoms with Gasteiger partial charge in [-0.3, -0.25) is 0 Å². The second-order valence-corrected chi connectivity index (χ2v) is 6.89. The molecule has 2 heterocycles. The lowest BCUT2D eigenvalue weighted by molar-refractivity contribution is 0.602. The molecule has 0 bridgehead atoms. The second kappa shape index (κ2) is 5.49. The van der Waals surface area contributed by atoms with E-state index in [0.717, 1.165) is 6.42 Å². The first kappa shape index (κ1) is 13.0. The van der Waals surface area contributed by atoms with E-state index < -0.39 is 9.84 Å². The number of nitrogens with zero attached hydrogens (tertiary/aromatic N) is 1. The predicted molar refractivity (Wildman–Crippen MR) is 73.9 cm³/mol. The minimum absolute atomic E-state index is 0.246. The summed E-state index contributed by atoms with van der Waals surface area (Å²) in [5, 5.41) is 5.10. The Labute approximate surface area is 111 Å². The van der Waals surface area contributed by atoms with Gasteiger partial charge in [0.1, 0.15) is 10.7 Å². The van der Waals surface area contributed by atoms with Gasteiger partial charge in [0.15, 0.2) is 9.84 Å². The first-order chi connectivity index (χ1) is 8.57. The Balaban J connectivity index is 2.06. The minimum Gasteiger partial charge on any atom is -0.369 e. The fourth-order valence-corrected chi connectivity index (χ4v) is 3.09. The summed E-state index contributed by atoms with van der Waals surface area (Å²) >= 11 is 1.69. The van der Waals surface area contributed by atoms with Crippen molar-refractivity contribution in [3.63, 3.8) is 0 Å². The molecular weight excluding hydrogens is 268 g/mol. The molecule has 0 saturated carbocycles. The summed E-state index contributed by atoms with van der Waals surface area (Å²) in [5.74, 6) is 0.427. The molecule has 0 saturated heterocycles. The van der Waals surface area contributed by atoms with Crippen molar-refractivity contribution in [2.24, 2.45) is 0 Å². The summed E-state index contributed by atoms with van der Waals surface area (Å²) in [6, 6.07) is 7.25. The van der Waals surface area contributed by atoms with Crippen LogP contribution in [0.3, 0.4) is 0 Å². The molecule has 1 N–H and O–H groups in total. The third-order valence-electron chi connectivity index (χ3n) is 2.41. The van der Waals surface area contributed by atoms with E-state index in [4.69, 9.17) is 0 Å². The Morgan fingerprint density at radius 3 is 2.83 bits per heavy atom. The number of hydrogen-bond acceptors (Lipinski definition) is 5. The van der Waals surface area contributed by atoms with E-state index in [1.54, 1.807) is 29.7 Å². The maximum Gasteiger partial charge on any atom is 0.179 e. The summed E-state index contributed by atoms with van der Waals surface area (Å²) < 4.78 is 23.1. The van der Waals surface area contributed by atoms with Crippen LogP contribution in [0.15, 0.2) is 40.7 Å². The molecule has 0 atom stereocenters. The maximum atomic E-state index is 11.6. The van der Waals surface area contributed by atoms with Crippen molar-refractivity contribution >= 4 is 27.0 Å². The van der Waals surface area contributed by atoms with Crippen molar-refractivity contribution in [2.75, 3.05) is 18.1 Å². The highest BCUT2D eigenvalue weighted by atomic mass is 32.2. The molecule has 2 aromatic rings. The Morgan fingerprint density at radius 2 is 2.17 bits per heavy atom. The fraction of sp³-hybridized carbons (Fsp3) is 0.250. The molecule has 6 heteroatoms. The molecule has 2 aromatic heterocycles. The smallest absolute Gasteiger partial charge is 0.179 e. The first-order valence-electron chi connectivity index (χ1n) is 5.49. The molecule has 96 valence electrons. The lowest BCUT2D eigenvalue weighted by Crippen LogP contribution is -2.10. The summed E-state index contributed by atoms with van der Waals surface area (Å²) in [5.41, 5.74) is 0. The van der Waals surface area contributed by atoms with E-state index in [-0.39, 0.29) is 4.90 Å². The van der Waals surface area contributed by atoms with Gasteiger partial charge in [-0.05, 0) is 30.0 Å². The highest BCUT2D eigenvalue weighted by molar-refractivity contribution is 7.90. The highest BCUT2D eigenvalue weighted by Gasteiger charge is 2.13. The summed E-state index contributed by atoms with van der Waals surface area (Å²) in [6.45, 7) is 0.667. The molecular formula is C12H14N2O2S2. The molecule has 4 nitrogen and oxygen atoms in total. The van der Waals surface area contributed by atoms with E-state index in [1.165, 1.54) is 11.1 Å². The number of rotatable bonds is 5. The molecule has 0 aromatic carbocycles. The average molecular weight is 282 g/mol. The zero-order valence-corrected chi connectivity index (χ0v) is 11.6. The quantitative estimate of drug-likeness (QED) is 0.913. The highest BCUT2D eigenvalue weighted by Crippen LogP contribution is 2.18. The van der Waals surface area contributed by atoms with Gasteiger partial charge in [0.05, 0.1) is 0 Å². The summed E-state index contributed by atoms with van der Waals surface area (Å²) in [4.78, 5) is 5.59. The zero-order valence-electron chi connectivity index (χ0n) is 9.96. The van der Waals surface area contributed by atoms with Crippen LogP contribution in [0, 0.1) is 0 Å². The maximum absolute atomic E-state index is 11.6. The third-order valence-corrected chi connectivity index (χ3v) is 4.48.